The lowest BCUT2D eigenvalue weighted by Gasteiger charge is -2.22. The molecule has 3 rings (SSSR count). The van der Waals surface area contributed by atoms with Gasteiger partial charge in [0, 0.05) is 11.3 Å². The Morgan fingerprint density at radius 1 is 1.05 bits per heavy atom. The van der Waals surface area contributed by atoms with Gasteiger partial charge in [-0.25, -0.2) is 0 Å². The van der Waals surface area contributed by atoms with Gasteiger partial charge < -0.3 is 9.64 Å². The molecule has 0 saturated heterocycles. The molecule has 2 aromatic carbocycles. The lowest BCUT2D eigenvalue weighted by atomic mass is 10.1. The minimum Gasteiger partial charge on any atom is -0.483 e. The first-order chi connectivity index (χ1) is 9.25. The van der Waals surface area contributed by atoms with E-state index in [1.165, 1.54) is 0 Å². The van der Waals surface area contributed by atoms with E-state index in [1.54, 1.807) is 4.90 Å². The minimum absolute atomic E-state index is 0.00880. The topological polar surface area (TPSA) is 29.5 Å². The Kier molecular flexibility index (Phi) is 2.95. The van der Waals surface area contributed by atoms with Gasteiger partial charge in [0.15, 0.2) is 6.61 Å². The molecule has 0 aromatic heterocycles. The third kappa shape index (κ3) is 2.19. The molecule has 0 fully saturated rings. The third-order valence-electron chi connectivity index (χ3n) is 3.36. The first kappa shape index (κ1) is 11.8. The third-order valence-corrected chi connectivity index (χ3v) is 3.36. The number of ether oxygens (including phenoxy) is 1. The second-order valence-electron chi connectivity index (χ2n) is 4.66. The highest BCUT2D eigenvalue weighted by atomic mass is 16.5. The molecule has 19 heavy (non-hydrogen) atoms. The van der Waals surface area contributed by atoms with Crippen molar-refractivity contribution in [1.82, 2.24) is 0 Å². The van der Waals surface area contributed by atoms with Gasteiger partial charge in [0.2, 0.25) is 0 Å². The van der Waals surface area contributed by atoms with Crippen molar-refractivity contribution in [3.8, 4) is 5.75 Å². The molecule has 1 amide bonds. The number of para-hydroxylation sites is 2. The van der Waals surface area contributed by atoms with Gasteiger partial charge in [-0.2, -0.15) is 0 Å². The van der Waals surface area contributed by atoms with Gasteiger partial charge in [0.1, 0.15) is 5.75 Å². The van der Waals surface area contributed by atoms with Crippen LogP contribution >= 0.6 is 0 Å². The Labute approximate surface area is 112 Å². The molecule has 0 radical (unpaired) electrons. The second-order valence-corrected chi connectivity index (χ2v) is 4.66. The number of hydrogen-bond donors (Lipinski definition) is 0. The quantitative estimate of drug-likeness (QED) is 0.782. The highest BCUT2D eigenvalue weighted by Gasteiger charge is 2.23. The SMILES string of the molecule is Cc1ccccc1N1Cc2ccccc2OCC1=O. The van der Waals surface area contributed by atoms with E-state index in [0.717, 1.165) is 22.6 Å². The molecule has 0 atom stereocenters. The van der Waals surface area contributed by atoms with E-state index >= 15 is 0 Å². The molecule has 1 aliphatic rings. The van der Waals surface area contributed by atoms with Crippen molar-refractivity contribution in [2.45, 2.75) is 13.5 Å². The van der Waals surface area contributed by atoms with Gasteiger partial charge >= 0.3 is 0 Å². The van der Waals surface area contributed by atoms with Crippen LogP contribution in [0.3, 0.4) is 0 Å². The first-order valence-corrected chi connectivity index (χ1v) is 6.32. The Morgan fingerprint density at radius 2 is 1.79 bits per heavy atom. The van der Waals surface area contributed by atoms with Crippen LogP contribution in [0.4, 0.5) is 5.69 Å². The number of rotatable bonds is 1. The van der Waals surface area contributed by atoms with Crippen LogP contribution in [0.5, 0.6) is 5.75 Å². The van der Waals surface area contributed by atoms with E-state index in [2.05, 4.69) is 0 Å². The fraction of sp³-hybridized carbons (Fsp3) is 0.188. The lowest BCUT2D eigenvalue weighted by Crippen LogP contribution is -2.32. The maximum Gasteiger partial charge on any atom is 0.265 e. The predicted molar refractivity (Wildman–Crippen MR) is 74.3 cm³/mol. The van der Waals surface area contributed by atoms with E-state index in [9.17, 15) is 4.79 Å². The van der Waals surface area contributed by atoms with Crippen LogP contribution in [0.1, 0.15) is 11.1 Å². The van der Waals surface area contributed by atoms with Crippen molar-refractivity contribution in [3.63, 3.8) is 0 Å². The molecule has 2 aromatic rings. The number of fused-ring (bicyclic) bond motifs is 1. The molecule has 0 aliphatic carbocycles. The highest BCUT2D eigenvalue weighted by molar-refractivity contribution is 5.95. The minimum atomic E-state index is -0.00880. The number of anilines is 1. The molecule has 0 N–H and O–H groups in total. The van der Waals surface area contributed by atoms with Crippen LogP contribution < -0.4 is 9.64 Å². The van der Waals surface area contributed by atoms with Crippen molar-refractivity contribution < 1.29 is 9.53 Å². The molecule has 0 unspecified atom stereocenters. The second kappa shape index (κ2) is 4.76. The molecular formula is C16H15NO2. The van der Waals surface area contributed by atoms with Crippen LogP contribution in [0.2, 0.25) is 0 Å². The van der Waals surface area contributed by atoms with Crippen LogP contribution in [0.15, 0.2) is 48.5 Å². The molecular weight excluding hydrogens is 238 g/mol. The van der Waals surface area contributed by atoms with Crippen molar-refractivity contribution in [3.05, 3.63) is 59.7 Å². The maximum absolute atomic E-state index is 12.2. The summed E-state index contributed by atoms with van der Waals surface area (Å²) in [7, 11) is 0. The van der Waals surface area contributed by atoms with Crippen LogP contribution in [-0.4, -0.2) is 12.5 Å². The summed E-state index contributed by atoms with van der Waals surface area (Å²) < 4.78 is 5.56. The molecule has 96 valence electrons. The molecule has 3 nitrogen and oxygen atoms in total. The molecule has 0 saturated carbocycles. The Hall–Kier alpha value is -2.29. The van der Waals surface area contributed by atoms with Crippen molar-refractivity contribution in [2.24, 2.45) is 0 Å². The van der Waals surface area contributed by atoms with Crippen LogP contribution in [0, 0.1) is 6.92 Å². The highest BCUT2D eigenvalue weighted by Crippen LogP contribution is 2.28. The van der Waals surface area contributed by atoms with Crippen molar-refractivity contribution in [1.29, 1.82) is 0 Å². The van der Waals surface area contributed by atoms with Gasteiger partial charge in [-0.1, -0.05) is 36.4 Å². The van der Waals surface area contributed by atoms with Crippen molar-refractivity contribution >= 4 is 11.6 Å². The Morgan fingerprint density at radius 3 is 2.63 bits per heavy atom. The average molecular weight is 253 g/mol. The standard InChI is InChI=1S/C16H15NO2/c1-12-6-2-4-8-14(12)17-10-13-7-3-5-9-15(13)19-11-16(17)18/h2-9H,10-11H2,1H3. The van der Waals surface area contributed by atoms with Gasteiger partial charge in [0.25, 0.3) is 5.91 Å². The zero-order valence-electron chi connectivity index (χ0n) is 10.8. The number of aryl methyl sites for hydroxylation is 1. The number of benzene rings is 2. The fourth-order valence-electron chi connectivity index (χ4n) is 2.34. The average Bonchev–Trinajstić information content (AvgIpc) is 2.60. The Balaban J connectivity index is 2.02. The molecule has 1 aliphatic heterocycles. The monoisotopic (exact) mass is 253 g/mol. The zero-order chi connectivity index (χ0) is 13.2. The van der Waals surface area contributed by atoms with Gasteiger partial charge in [0.05, 0.1) is 6.54 Å². The summed E-state index contributed by atoms with van der Waals surface area (Å²) in [4.78, 5) is 14.0. The Bertz CT molecular complexity index is 622. The molecule has 1 heterocycles. The normalized spacial score (nSPS) is 14.6. The number of nitrogens with zero attached hydrogens (tertiary/aromatic N) is 1. The van der Waals surface area contributed by atoms with Crippen LogP contribution in [-0.2, 0) is 11.3 Å². The zero-order valence-corrected chi connectivity index (χ0v) is 10.8. The summed E-state index contributed by atoms with van der Waals surface area (Å²) in [6.07, 6.45) is 0. The van der Waals surface area contributed by atoms with E-state index in [-0.39, 0.29) is 12.5 Å². The summed E-state index contributed by atoms with van der Waals surface area (Å²) in [6, 6.07) is 15.7. The maximum atomic E-state index is 12.2. The fourth-order valence-corrected chi connectivity index (χ4v) is 2.34. The summed E-state index contributed by atoms with van der Waals surface area (Å²) in [6.45, 7) is 2.66. The number of carbonyl (C=O) groups excluding carboxylic acids is 1. The van der Waals surface area contributed by atoms with E-state index in [0.29, 0.717) is 6.54 Å². The molecule has 3 heteroatoms. The molecule has 0 spiro atoms. The summed E-state index contributed by atoms with van der Waals surface area (Å²) in [5.74, 6) is 0.789. The van der Waals surface area contributed by atoms with E-state index in [4.69, 9.17) is 4.74 Å². The smallest absolute Gasteiger partial charge is 0.265 e. The van der Waals surface area contributed by atoms with E-state index < -0.39 is 0 Å². The van der Waals surface area contributed by atoms with Crippen molar-refractivity contribution in [2.75, 3.05) is 11.5 Å². The lowest BCUT2D eigenvalue weighted by molar-refractivity contribution is -0.120. The molecule has 0 bridgehead atoms. The first-order valence-electron chi connectivity index (χ1n) is 6.32. The summed E-state index contributed by atoms with van der Waals surface area (Å²) in [5, 5.41) is 0. The number of hydrogen-bond acceptors (Lipinski definition) is 2. The number of carbonyl (C=O) groups is 1. The van der Waals surface area contributed by atoms with Gasteiger partial charge in [-0.3, -0.25) is 4.79 Å². The number of amides is 1. The largest absolute Gasteiger partial charge is 0.483 e. The summed E-state index contributed by atoms with van der Waals surface area (Å²) >= 11 is 0. The summed E-state index contributed by atoms with van der Waals surface area (Å²) in [5.41, 5.74) is 3.08. The van der Waals surface area contributed by atoms with Crippen LogP contribution in [0.25, 0.3) is 0 Å². The predicted octanol–water partition coefficient (Wildman–Crippen LogP) is 2.92. The van der Waals surface area contributed by atoms with Gasteiger partial charge in [-0.15, -0.1) is 0 Å². The van der Waals surface area contributed by atoms with E-state index in [1.807, 2.05) is 55.5 Å². The van der Waals surface area contributed by atoms with Gasteiger partial charge in [-0.05, 0) is 24.6 Å².